The zero-order valence-corrected chi connectivity index (χ0v) is 28.1. The number of hydrogen-bond acceptors (Lipinski definition) is 1. The quantitative estimate of drug-likeness (QED) is 0.287. The SMILES string of the molecule is CC1=[C-]C(C)C(C)=C1C.Cc1cc(C)cc(C([NH-])=O)c1.[Cl-].[Cl-].[Hf+4].c1ccc([SiH]c2ccccc2)cc1. The fraction of sp³-hybridized carbons (Fsp3) is 0.233. The van der Waals surface area contributed by atoms with Crippen LogP contribution in [0.2, 0.25) is 0 Å². The van der Waals surface area contributed by atoms with Gasteiger partial charge in [0.05, 0.1) is 5.91 Å². The summed E-state index contributed by atoms with van der Waals surface area (Å²) in [5.41, 5.74) is 13.6. The number of allylic oxidation sites excluding steroid dienone is 4. The van der Waals surface area contributed by atoms with E-state index in [4.69, 9.17) is 5.73 Å². The number of nitrogens with one attached hydrogen (secondary N) is 1. The standard InChI is InChI=1S/C12H11Si.C9H11NO.C9H13.2ClH.Hf/c1-3-7-11(8-4-1)13-12-9-5-2-6-10-12;1-6-3-7(2)5-8(4-6)9(10)11;1-6-5-7(2)9(4)8(6)3;;;/h1-10,13H;3-5H,1-2H3,(H2,10,11);6H,1-4H3;2*1H;/q;;-1;;;+4/p-3. The van der Waals surface area contributed by atoms with Crippen LogP contribution in [-0.2, 0) is 25.8 Å². The van der Waals surface area contributed by atoms with Crippen LogP contribution in [0.15, 0.2) is 95.6 Å². The summed E-state index contributed by atoms with van der Waals surface area (Å²) in [6.45, 7) is 12.5. The Bertz CT molecular complexity index is 1070. The predicted octanol–water partition coefficient (Wildman–Crippen LogP) is 0.297. The molecule has 3 aromatic rings. The molecule has 0 aromatic heterocycles. The van der Waals surface area contributed by atoms with Crippen molar-refractivity contribution in [3.05, 3.63) is 124 Å². The van der Waals surface area contributed by atoms with Crippen molar-refractivity contribution in [1.82, 2.24) is 0 Å². The van der Waals surface area contributed by atoms with Crippen LogP contribution in [-0.4, -0.2) is 15.4 Å². The van der Waals surface area contributed by atoms with Crippen molar-refractivity contribution in [1.29, 1.82) is 0 Å². The molecule has 1 amide bonds. The van der Waals surface area contributed by atoms with E-state index in [1.807, 2.05) is 19.9 Å². The van der Waals surface area contributed by atoms with E-state index in [9.17, 15) is 4.79 Å². The van der Waals surface area contributed by atoms with E-state index >= 15 is 0 Å². The molecule has 0 heterocycles. The molecule has 187 valence electrons. The van der Waals surface area contributed by atoms with Gasteiger partial charge < -0.3 is 35.3 Å². The predicted molar refractivity (Wildman–Crippen MR) is 144 cm³/mol. The summed E-state index contributed by atoms with van der Waals surface area (Å²) < 4.78 is 0. The molecule has 1 unspecified atom stereocenters. The van der Waals surface area contributed by atoms with Gasteiger partial charge >= 0.3 is 25.8 Å². The van der Waals surface area contributed by atoms with Crippen LogP contribution in [0, 0.1) is 25.8 Å². The summed E-state index contributed by atoms with van der Waals surface area (Å²) in [5.74, 6) is -0.0539. The normalized spacial score (nSPS) is 13.3. The molecule has 0 saturated carbocycles. The van der Waals surface area contributed by atoms with E-state index in [2.05, 4.69) is 94.4 Å². The molecule has 36 heavy (non-hydrogen) atoms. The molecular formula is C30H34Cl2HfNOSi. The Kier molecular flexibility index (Phi) is 18.7. The van der Waals surface area contributed by atoms with Gasteiger partial charge in [-0.25, -0.2) is 5.57 Å². The van der Waals surface area contributed by atoms with Gasteiger partial charge in [0.1, 0.15) is 9.52 Å². The van der Waals surface area contributed by atoms with E-state index in [0.717, 1.165) is 11.1 Å². The van der Waals surface area contributed by atoms with E-state index in [1.54, 1.807) is 12.1 Å². The van der Waals surface area contributed by atoms with Gasteiger partial charge in [-0.2, -0.15) is 11.1 Å². The van der Waals surface area contributed by atoms with E-state index in [-0.39, 0.29) is 60.2 Å². The van der Waals surface area contributed by atoms with Gasteiger partial charge in [0.25, 0.3) is 0 Å². The molecule has 6 heteroatoms. The van der Waals surface area contributed by atoms with Crippen LogP contribution in [0.5, 0.6) is 0 Å². The van der Waals surface area contributed by atoms with Crippen molar-refractivity contribution >= 4 is 25.8 Å². The number of hydrogen-bond donors (Lipinski definition) is 0. The fourth-order valence-electron chi connectivity index (χ4n) is 3.56. The third kappa shape index (κ3) is 12.5. The van der Waals surface area contributed by atoms with Gasteiger partial charge in [-0.1, -0.05) is 127 Å². The first-order valence-electron chi connectivity index (χ1n) is 11.2. The molecule has 2 nitrogen and oxygen atoms in total. The van der Waals surface area contributed by atoms with Crippen LogP contribution in [0.3, 0.4) is 0 Å². The Hall–Kier alpha value is -1.72. The molecule has 0 aliphatic heterocycles. The van der Waals surface area contributed by atoms with Gasteiger partial charge in [0, 0.05) is 0 Å². The monoisotopic (exact) mass is 702 g/mol. The zero-order valence-electron chi connectivity index (χ0n) is 21.8. The summed E-state index contributed by atoms with van der Waals surface area (Å²) in [7, 11) is 0.271. The van der Waals surface area contributed by atoms with Crippen molar-refractivity contribution in [2.45, 2.75) is 41.5 Å². The van der Waals surface area contributed by atoms with Crippen molar-refractivity contribution in [3.8, 4) is 0 Å². The molecule has 3 aromatic carbocycles. The number of aryl methyl sites for hydroxylation is 2. The summed E-state index contributed by atoms with van der Waals surface area (Å²) in [4.78, 5) is 10.6. The second-order valence-electron chi connectivity index (χ2n) is 8.47. The molecule has 0 spiro atoms. The largest absolute Gasteiger partial charge is 4.00 e. The molecule has 0 saturated heterocycles. The third-order valence-corrected chi connectivity index (χ3v) is 7.09. The van der Waals surface area contributed by atoms with E-state index in [1.165, 1.54) is 27.1 Å². The second-order valence-corrected chi connectivity index (χ2v) is 10.1. The summed E-state index contributed by atoms with van der Waals surface area (Å²) >= 11 is 0. The van der Waals surface area contributed by atoms with Crippen molar-refractivity contribution < 1.29 is 55.5 Å². The van der Waals surface area contributed by atoms with Gasteiger partial charge in [-0.15, -0.1) is 6.92 Å². The molecule has 1 radical (unpaired) electrons. The maximum atomic E-state index is 10.6. The summed E-state index contributed by atoms with van der Waals surface area (Å²) in [6.07, 6.45) is 3.36. The molecule has 0 bridgehead atoms. The smallest absolute Gasteiger partial charge is 1.00 e. The Morgan fingerprint density at radius 1 is 0.778 bits per heavy atom. The van der Waals surface area contributed by atoms with Crippen LogP contribution in [0.4, 0.5) is 0 Å². The van der Waals surface area contributed by atoms with Gasteiger partial charge in [-0.05, 0) is 19.4 Å². The molecule has 1 atom stereocenters. The van der Waals surface area contributed by atoms with Crippen LogP contribution in [0.1, 0.15) is 49.2 Å². The van der Waals surface area contributed by atoms with Gasteiger partial charge in [0.2, 0.25) is 0 Å². The van der Waals surface area contributed by atoms with E-state index in [0.29, 0.717) is 11.5 Å². The minimum atomic E-state index is -0.614. The average molecular weight is 702 g/mol. The topological polar surface area (TPSA) is 40.9 Å². The van der Waals surface area contributed by atoms with Gasteiger partial charge in [0.15, 0.2) is 0 Å². The minimum Gasteiger partial charge on any atom is -1.00 e. The van der Waals surface area contributed by atoms with E-state index < -0.39 is 5.91 Å². The molecular weight excluding hydrogens is 668 g/mol. The fourth-order valence-corrected chi connectivity index (χ4v) is 4.77. The maximum Gasteiger partial charge on any atom is 4.00 e. The molecule has 1 aliphatic carbocycles. The summed E-state index contributed by atoms with van der Waals surface area (Å²) in [5, 5.41) is 2.90. The number of rotatable bonds is 3. The van der Waals surface area contributed by atoms with Crippen molar-refractivity contribution in [3.63, 3.8) is 0 Å². The Morgan fingerprint density at radius 2 is 1.19 bits per heavy atom. The first kappa shape index (κ1) is 36.4. The Labute approximate surface area is 251 Å². The third-order valence-electron chi connectivity index (χ3n) is 5.65. The summed E-state index contributed by atoms with van der Waals surface area (Å²) in [6, 6.07) is 26.8. The molecule has 1 N–H and O–H groups in total. The molecule has 0 fully saturated rings. The molecule has 1 aliphatic rings. The number of halogens is 2. The average Bonchev–Trinajstić information content (AvgIpc) is 3.01. The van der Waals surface area contributed by atoms with Crippen LogP contribution in [0.25, 0.3) is 5.73 Å². The molecule has 4 rings (SSSR count). The Morgan fingerprint density at radius 3 is 1.47 bits per heavy atom. The number of benzene rings is 3. The Balaban J connectivity index is 0. The van der Waals surface area contributed by atoms with Crippen LogP contribution < -0.4 is 35.2 Å². The number of amides is 1. The van der Waals surface area contributed by atoms with Gasteiger partial charge in [-0.3, -0.25) is 6.08 Å². The minimum absolute atomic E-state index is 0. The van der Waals surface area contributed by atoms with Crippen LogP contribution >= 0.6 is 0 Å². The first-order chi connectivity index (χ1) is 15.7. The zero-order chi connectivity index (χ0) is 24.4. The first-order valence-corrected chi connectivity index (χ1v) is 12.4. The van der Waals surface area contributed by atoms with Crippen molar-refractivity contribution in [2.75, 3.05) is 0 Å². The second kappa shape index (κ2) is 18.5. The van der Waals surface area contributed by atoms with Crippen molar-refractivity contribution in [2.24, 2.45) is 5.92 Å². The maximum absolute atomic E-state index is 10.6. The number of carbonyl (C=O) groups excluding carboxylic acids is 1. The number of carbonyl (C=O) groups is 1.